The van der Waals surface area contributed by atoms with E-state index in [-0.39, 0.29) is 29.8 Å². The molecule has 0 radical (unpaired) electrons. The van der Waals surface area contributed by atoms with Crippen molar-refractivity contribution >= 4 is 13.5 Å². The van der Waals surface area contributed by atoms with E-state index in [1.165, 1.54) is 0 Å². The van der Waals surface area contributed by atoms with Gasteiger partial charge in [0.05, 0.1) is 0 Å². The summed E-state index contributed by atoms with van der Waals surface area (Å²) >= 11 is 0. The summed E-state index contributed by atoms with van der Waals surface area (Å²) in [4.78, 5) is 0. The molecular weight excluding hydrogens is 81.1 g/mol. The minimum absolute atomic E-state index is 0. The summed E-state index contributed by atoms with van der Waals surface area (Å²) < 4.78 is 0. The lowest BCUT2D eigenvalue weighted by atomic mass is 14.0. The fourth-order valence-electron chi connectivity index (χ4n) is 0. The molecule has 0 aliphatic carbocycles. The molecule has 0 aromatic rings. The van der Waals surface area contributed by atoms with E-state index in [2.05, 4.69) is 0 Å². The number of halogens is 1. The molecule has 4 heteroatoms. The molecule has 4 heavy (non-hydrogen) atoms. The molecule has 0 saturated heterocycles. The van der Waals surface area contributed by atoms with Gasteiger partial charge < -0.3 is 11.6 Å². The number of hydrogen-bond donors (Lipinski definition) is 1. The van der Waals surface area contributed by atoms with E-state index in [0.29, 0.717) is 0 Å². The maximum Gasteiger partial charge on any atom is -0.197 e. The molecule has 0 aromatic heterocycles. The Kier molecular flexibility index (Phi) is 104000. The van der Waals surface area contributed by atoms with Gasteiger partial charge in [-0.05, 0) is 0 Å². The Morgan fingerprint density at radius 1 is 1.00 bits per heavy atom. The molecule has 0 amide bonds. The van der Waals surface area contributed by atoms with Gasteiger partial charge in [0, 0.05) is 0 Å². The second-order valence-corrected chi connectivity index (χ2v) is 0. The highest BCUT2D eigenvalue weighted by molar-refractivity contribution is 7.59. The Balaban J connectivity index is 0. The van der Waals surface area contributed by atoms with Crippen molar-refractivity contribution in [1.29, 1.82) is 0 Å². The third-order valence-corrected chi connectivity index (χ3v) is 0. The molecule has 0 rings (SSSR count). The van der Waals surface area contributed by atoms with Crippen LogP contribution in [0.3, 0.4) is 0 Å². The topological polar surface area (TPSA) is 66.5 Å². The molecule has 0 atom stereocenters. The normalized spacial score (nSPS) is 0. The summed E-state index contributed by atoms with van der Waals surface area (Å²) in [6.07, 6.45) is 0. The first kappa shape index (κ1) is 1080. The summed E-state index contributed by atoms with van der Waals surface area (Å²) in [7, 11) is 0. The minimum Gasteiger partial charge on any atom is -0.412 e. The standard InChI is InChI=1S/FH.H3N.H2O.H2S/h1H;1H3;2*1H2. The number of hydrogen-bond acceptors (Lipinski definition) is 1. The molecular formula is H8FNOS. The van der Waals surface area contributed by atoms with E-state index in [1.54, 1.807) is 0 Å². The molecule has 0 bridgehead atoms. The lowest BCUT2D eigenvalue weighted by Gasteiger charge is -0.412. The Hall–Kier alpha value is 0.200. The van der Waals surface area contributed by atoms with Crippen molar-refractivity contribution < 1.29 is 10.2 Å². The smallest absolute Gasteiger partial charge is 0.197 e. The van der Waals surface area contributed by atoms with Gasteiger partial charge in [0.2, 0.25) is 0 Å². The quantitative estimate of drug-likeness (QED) is 0.431. The van der Waals surface area contributed by atoms with E-state index in [0.717, 1.165) is 0 Å². The van der Waals surface area contributed by atoms with Crippen molar-refractivity contribution in [3.05, 3.63) is 0 Å². The van der Waals surface area contributed by atoms with Crippen molar-refractivity contribution in [2.24, 2.45) is 0 Å². The van der Waals surface area contributed by atoms with Crippen molar-refractivity contribution in [2.75, 3.05) is 0 Å². The van der Waals surface area contributed by atoms with Crippen LogP contribution in [-0.4, -0.2) is 5.48 Å². The largest absolute Gasteiger partial charge is 0.412 e. The SMILES string of the molecule is F.N.O.S. The first-order valence-electron chi connectivity index (χ1n) is 0. The van der Waals surface area contributed by atoms with Gasteiger partial charge in [-0.1, -0.05) is 0 Å². The maximum atomic E-state index is 0. The highest BCUT2D eigenvalue weighted by atomic mass is 32.1. The third-order valence-electron chi connectivity index (χ3n) is 0. The molecule has 0 fully saturated rings. The average Bonchev–Trinajstić information content (AvgIpc) is 0. The average molecular weight is 89.1 g/mol. The molecule has 0 saturated carbocycles. The zero-order chi connectivity index (χ0) is 0. The van der Waals surface area contributed by atoms with E-state index < -0.39 is 0 Å². The van der Waals surface area contributed by atoms with Gasteiger partial charge in [0.15, 0.2) is 0 Å². The monoisotopic (exact) mass is 89.0 g/mol. The molecule has 0 aliphatic rings. The van der Waals surface area contributed by atoms with Crippen LogP contribution in [0.4, 0.5) is 4.70 Å². The molecule has 32 valence electrons. The van der Waals surface area contributed by atoms with Crippen LogP contribution >= 0.6 is 13.5 Å². The van der Waals surface area contributed by atoms with Gasteiger partial charge in [0.1, 0.15) is 0 Å². The Morgan fingerprint density at radius 3 is 1.00 bits per heavy atom. The van der Waals surface area contributed by atoms with E-state index in [4.69, 9.17) is 0 Å². The molecule has 0 aromatic carbocycles. The summed E-state index contributed by atoms with van der Waals surface area (Å²) in [5.74, 6) is 0. The van der Waals surface area contributed by atoms with Gasteiger partial charge in [0.25, 0.3) is 0 Å². The first-order chi connectivity index (χ1) is 0. The van der Waals surface area contributed by atoms with Crippen molar-refractivity contribution in [2.45, 2.75) is 0 Å². The fourth-order valence-corrected chi connectivity index (χ4v) is 0. The summed E-state index contributed by atoms with van der Waals surface area (Å²) in [6.45, 7) is 0. The highest BCUT2D eigenvalue weighted by Crippen LogP contribution is 0.648. The minimum atomic E-state index is 0. The van der Waals surface area contributed by atoms with Gasteiger partial charge >= 0.3 is 0 Å². The van der Waals surface area contributed by atoms with Crippen LogP contribution < -0.4 is 6.15 Å². The second-order valence-electron chi connectivity index (χ2n) is 0. The van der Waals surface area contributed by atoms with Gasteiger partial charge in [-0.15, -0.1) is 0 Å². The van der Waals surface area contributed by atoms with Crippen molar-refractivity contribution in [3.8, 4) is 0 Å². The lowest BCUT2D eigenvalue weighted by molar-refractivity contribution is 0.824. The Labute approximate surface area is 30.9 Å². The predicted octanol–water partition coefficient (Wildman–Crippen LogP) is -0.397. The summed E-state index contributed by atoms with van der Waals surface area (Å²) in [6, 6.07) is 0. The Bertz CT molecular complexity index is 8.00. The highest BCUT2D eigenvalue weighted by Gasteiger charge is -0.197. The van der Waals surface area contributed by atoms with Crippen LogP contribution in [0.25, 0.3) is 0 Å². The summed E-state index contributed by atoms with van der Waals surface area (Å²) in [5, 5.41) is 0. The zero-order valence-electron chi connectivity index (χ0n) is 2.12. The molecule has 0 aliphatic heterocycles. The predicted molar refractivity (Wildman–Crippen MR) is 21.5 cm³/mol. The molecule has 2 nitrogen and oxygen atoms in total. The first-order valence-corrected chi connectivity index (χ1v) is 0. The fraction of sp³-hybridized carbons (Fsp3) is 0. The van der Waals surface area contributed by atoms with Crippen LogP contribution in [0.1, 0.15) is 0 Å². The zero-order valence-corrected chi connectivity index (χ0v) is 3.12. The van der Waals surface area contributed by atoms with Crippen LogP contribution in [0.15, 0.2) is 0 Å². The van der Waals surface area contributed by atoms with Crippen molar-refractivity contribution in [1.82, 2.24) is 6.15 Å². The van der Waals surface area contributed by atoms with E-state index in [9.17, 15) is 0 Å². The van der Waals surface area contributed by atoms with Crippen molar-refractivity contribution in [3.63, 3.8) is 0 Å². The maximum absolute atomic E-state index is 0. The Morgan fingerprint density at radius 2 is 1.00 bits per heavy atom. The second kappa shape index (κ2) is 387. The van der Waals surface area contributed by atoms with Crippen LogP contribution in [0.2, 0.25) is 0 Å². The molecule has 0 unspecified atom stereocenters. The number of rotatable bonds is 0. The molecule has 5 N–H and O–H groups in total. The third kappa shape index (κ3) is 79.2. The van der Waals surface area contributed by atoms with E-state index in [1.807, 2.05) is 0 Å². The van der Waals surface area contributed by atoms with Gasteiger partial charge in [-0.25, -0.2) is 0 Å². The van der Waals surface area contributed by atoms with Crippen LogP contribution in [0.5, 0.6) is 0 Å². The van der Waals surface area contributed by atoms with Crippen LogP contribution in [0, 0.1) is 0 Å². The summed E-state index contributed by atoms with van der Waals surface area (Å²) in [5.41, 5.74) is 0. The molecule has 0 heterocycles. The molecule has 0 spiro atoms. The van der Waals surface area contributed by atoms with Gasteiger partial charge in [-0.3, -0.25) is 4.70 Å². The van der Waals surface area contributed by atoms with Crippen LogP contribution in [-0.2, 0) is 0 Å². The lowest BCUT2D eigenvalue weighted by Crippen LogP contribution is -0.481. The van der Waals surface area contributed by atoms with Gasteiger partial charge in [-0.2, -0.15) is 13.5 Å². The van der Waals surface area contributed by atoms with E-state index >= 15 is 0 Å².